The van der Waals surface area contributed by atoms with Crippen LogP contribution in [-0.2, 0) is 6.42 Å². The third-order valence-corrected chi connectivity index (χ3v) is 5.15. The molecule has 4 rings (SSSR count). The van der Waals surface area contributed by atoms with Crippen molar-refractivity contribution in [3.05, 3.63) is 77.1 Å². The van der Waals surface area contributed by atoms with E-state index in [-0.39, 0.29) is 11.9 Å². The lowest BCUT2D eigenvalue weighted by Gasteiger charge is -2.22. The Bertz CT molecular complexity index is 1010. The number of hydrogen-bond acceptors (Lipinski definition) is 4. The quantitative estimate of drug-likeness (QED) is 0.752. The summed E-state index contributed by atoms with van der Waals surface area (Å²) in [7, 11) is 0. The van der Waals surface area contributed by atoms with Gasteiger partial charge in [-0.3, -0.25) is 4.79 Å². The molecule has 3 aromatic rings. The smallest absolute Gasteiger partial charge is 0.274 e. The molecule has 1 N–H and O–H groups in total. The van der Waals surface area contributed by atoms with Gasteiger partial charge >= 0.3 is 0 Å². The Morgan fingerprint density at radius 2 is 1.93 bits per heavy atom. The van der Waals surface area contributed by atoms with Crippen LogP contribution in [-0.4, -0.2) is 21.9 Å². The molecule has 5 heteroatoms. The molecule has 0 radical (unpaired) electrons. The minimum absolute atomic E-state index is 0.229. The lowest BCUT2D eigenvalue weighted by Crippen LogP contribution is -2.27. The van der Waals surface area contributed by atoms with E-state index >= 15 is 0 Å². The molecule has 27 heavy (non-hydrogen) atoms. The number of aryl methyl sites for hydroxylation is 1. The Morgan fingerprint density at radius 3 is 2.78 bits per heavy atom. The van der Waals surface area contributed by atoms with Crippen LogP contribution < -0.4 is 10.2 Å². The van der Waals surface area contributed by atoms with E-state index < -0.39 is 0 Å². The molecule has 1 aromatic heterocycles. The first-order chi connectivity index (χ1) is 13.0. The predicted octanol–water partition coefficient (Wildman–Crippen LogP) is 4.43. The zero-order valence-electron chi connectivity index (χ0n) is 15.7. The molecule has 0 spiro atoms. The van der Waals surface area contributed by atoms with E-state index in [0.29, 0.717) is 11.6 Å². The Kier molecular flexibility index (Phi) is 4.36. The number of nitrogens with zero attached hydrogens (tertiary/aromatic N) is 3. The molecule has 0 bridgehead atoms. The average molecular weight is 358 g/mol. The Balaban J connectivity index is 1.63. The van der Waals surface area contributed by atoms with Crippen LogP contribution >= 0.6 is 0 Å². The van der Waals surface area contributed by atoms with E-state index in [4.69, 9.17) is 0 Å². The molecule has 1 aliphatic heterocycles. The summed E-state index contributed by atoms with van der Waals surface area (Å²) in [6.45, 7) is 6.17. The predicted molar refractivity (Wildman–Crippen MR) is 108 cm³/mol. The summed E-state index contributed by atoms with van der Waals surface area (Å²) in [5, 5.41) is 2.97. The standard InChI is InChI=1S/C22H22N4O/c1-14-7-6-9-18(16(14)3)24-21(27)19-11-12-23-22(25-19)26-15(2)13-17-8-4-5-10-20(17)26/h4-12,15H,13H2,1-3H3,(H,24,27). The lowest BCUT2D eigenvalue weighted by molar-refractivity contribution is 0.102. The van der Waals surface area contributed by atoms with Crippen LogP contribution in [0.15, 0.2) is 54.7 Å². The van der Waals surface area contributed by atoms with E-state index in [2.05, 4.69) is 39.2 Å². The van der Waals surface area contributed by atoms with Gasteiger partial charge in [0.1, 0.15) is 5.69 Å². The molecule has 0 fully saturated rings. The van der Waals surface area contributed by atoms with Gasteiger partial charge in [-0.25, -0.2) is 9.97 Å². The second-order valence-corrected chi connectivity index (χ2v) is 7.00. The minimum atomic E-state index is -0.229. The number of rotatable bonds is 3. The minimum Gasteiger partial charge on any atom is -0.320 e. The third kappa shape index (κ3) is 3.16. The van der Waals surface area contributed by atoms with E-state index in [1.165, 1.54) is 5.56 Å². The molecule has 0 saturated heterocycles. The van der Waals surface area contributed by atoms with Crippen molar-refractivity contribution in [1.29, 1.82) is 0 Å². The van der Waals surface area contributed by atoms with Gasteiger partial charge in [0.25, 0.3) is 5.91 Å². The SMILES string of the molecule is Cc1cccc(NC(=O)c2ccnc(N3c4ccccc4CC3C)n2)c1C. The average Bonchev–Trinajstić information content (AvgIpc) is 3.01. The number of anilines is 3. The third-order valence-electron chi connectivity index (χ3n) is 5.15. The van der Waals surface area contributed by atoms with Gasteiger partial charge < -0.3 is 10.2 Å². The fourth-order valence-electron chi connectivity index (χ4n) is 3.53. The molecule has 2 heterocycles. The highest BCUT2D eigenvalue weighted by Gasteiger charge is 2.29. The molecule has 0 saturated carbocycles. The van der Waals surface area contributed by atoms with Crippen molar-refractivity contribution in [2.45, 2.75) is 33.2 Å². The number of benzene rings is 2. The maximum absolute atomic E-state index is 12.8. The fraction of sp³-hybridized carbons (Fsp3) is 0.227. The number of hydrogen-bond donors (Lipinski definition) is 1. The van der Waals surface area contributed by atoms with E-state index in [9.17, 15) is 4.79 Å². The molecule has 1 amide bonds. The van der Waals surface area contributed by atoms with Gasteiger partial charge in [0.2, 0.25) is 5.95 Å². The maximum Gasteiger partial charge on any atom is 0.274 e. The first kappa shape index (κ1) is 17.2. The fourth-order valence-corrected chi connectivity index (χ4v) is 3.53. The summed E-state index contributed by atoms with van der Waals surface area (Å²) in [4.78, 5) is 23.8. The Morgan fingerprint density at radius 1 is 1.11 bits per heavy atom. The van der Waals surface area contributed by atoms with Crippen LogP contribution in [0.5, 0.6) is 0 Å². The monoisotopic (exact) mass is 358 g/mol. The van der Waals surface area contributed by atoms with Gasteiger partial charge in [0.05, 0.1) is 0 Å². The number of carbonyl (C=O) groups is 1. The van der Waals surface area contributed by atoms with Crippen LogP contribution in [0.4, 0.5) is 17.3 Å². The molecule has 2 aromatic carbocycles. The van der Waals surface area contributed by atoms with Crippen molar-refractivity contribution in [2.75, 3.05) is 10.2 Å². The number of carbonyl (C=O) groups excluding carboxylic acids is 1. The van der Waals surface area contributed by atoms with Gasteiger partial charge in [-0.1, -0.05) is 30.3 Å². The molecule has 1 aliphatic rings. The van der Waals surface area contributed by atoms with Crippen LogP contribution in [0.2, 0.25) is 0 Å². The molecule has 5 nitrogen and oxygen atoms in total. The van der Waals surface area contributed by atoms with Crippen molar-refractivity contribution < 1.29 is 4.79 Å². The maximum atomic E-state index is 12.8. The molecule has 136 valence electrons. The van der Waals surface area contributed by atoms with Crippen LogP contribution in [0.25, 0.3) is 0 Å². The van der Waals surface area contributed by atoms with Gasteiger partial charge in [-0.2, -0.15) is 0 Å². The zero-order valence-corrected chi connectivity index (χ0v) is 15.7. The first-order valence-electron chi connectivity index (χ1n) is 9.12. The Labute approximate surface area is 159 Å². The van der Waals surface area contributed by atoms with Gasteiger partial charge in [0.15, 0.2) is 0 Å². The van der Waals surface area contributed by atoms with Gasteiger partial charge in [-0.05, 0) is 62.1 Å². The van der Waals surface area contributed by atoms with Crippen molar-refractivity contribution in [3.8, 4) is 0 Å². The second kappa shape index (κ2) is 6.83. The molecule has 1 unspecified atom stereocenters. The normalized spacial score (nSPS) is 15.5. The number of nitrogens with one attached hydrogen (secondary N) is 1. The van der Waals surface area contributed by atoms with Gasteiger partial charge in [0, 0.05) is 23.6 Å². The second-order valence-electron chi connectivity index (χ2n) is 7.00. The lowest BCUT2D eigenvalue weighted by atomic mass is 10.1. The molecular weight excluding hydrogens is 336 g/mol. The molecule has 0 aliphatic carbocycles. The number of aromatic nitrogens is 2. The van der Waals surface area contributed by atoms with E-state index in [1.807, 2.05) is 44.2 Å². The largest absolute Gasteiger partial charge is 0.320 e. The van der Waals surface area contributed by atoms with Gasteiger partial charge in [-0.15, -0.1) is 0 Å². The highest BCUT2D eigenvalue weighted by atomic mass is 16.1. The molecular formula is C22H22N4O. The van der Waals surface area contributed by atoms with Crippen LogP contribution in [0, 0.1) is 13.8 Å². The van der Waals surface area contributed by atoms with Crippen molar-refractivity contribution in [3.63, 3.8) is 0 Å². The summed E-state index contributed by atoms with van der Waals surface area (Å²) in [5.74, 6) is 0.327. The van der Waals surface area contributed by atoms with Crippen molar-refractivity contribution in [2.24, 2.45) is 0 Å². The summed E-state index contributed by atoms with van der Waals surface area (Å²) in [5.41, 5.74) is 5.74. The summed E-state index contributed by atoms with van der Waals surface area (Å²) in [6, 6.07) is 16.0. The first-order valence-corrected chi connectivity index (χ1v) is 9.12. The van der Waals surface area contributed by atoms with E-state index in [0.717, 1.165) is 28.9 Å². The topological polar surface area (TPSA) is 58.1 Å². The number of amides is 1. The zero-order chi connectivity index (χ0) is 19.0. The van der Waals surface area contributed by atoms with Crippen LogP contribution in [0.3, 0.4) is 0 Å². The summed E-state index contributed by atoms with van der Waals surface area (Å²) in [6.07, 6.45) is 2.59. The number of para-hydroxylation sites is 1. The van der Waals surface area contributed by atoms with Crippen LogP contribution in [0.1, 0.15) is 34.1 Å². The molecule has 1 atom stereocenters. The Hall–Kier alpha value is -3.21. The highest BCUT2D eigenvalue weighted by Crippen LogP contribution is 2.36. The van der Waals surface area contributed by atoms with Crippen molar-refractivity contribution >= 4 is 23.2 Å². The highest BCUT2D eigenvalue weighted by molar-refractivity contribution is 6.03. The van der Waals surface area contributed by atoms with Crippen molar-refractivity contribution in [1.82, 2.24) is 9.97 Å². The summed E-state index contributed by atoms with van der Waals surface area (Å²) >= 11 is 0. The number of fused-ring (bicyclic) bond motifs is 1. The summed E-state index contributed by atoms with van der Waals surface area (Å²) < 4.78 is 0. The van der Waals surface area contributed by atoms with E-state index in [1.54, 1.807) is 12.3 Å².